The smallest absolute Gasteiger partial charge is 0.311 e. The monoisotopic (exact) mass is 377 g/mol. The summed E-state index contributed by atoms with van der Waals surface area (Å²) in [7, 11) is 0. The molecule has 2 aromatic carbocycles. The fourth-order valence-corrected chi connectivity index (χ4v) is 3.92. The molecule has 144 valence electrons. The number of amides is 4. The number of rotatable bonds is 3. The highest BCUT2D eigenvalue weighted by Crippen LogP contribution is 2.29. The van der Waals surface area contributed by atoms with Crippen LogP contribution in [0.1, 0.15) is 24.5 Å². The van der Waals surface area contributed by atoms with Crippen LogP contribution in [0.5, 0.6) is 0 Å². The maximum Gasteiger partial charge on any atom is 0.332 e. The summed E-state index contributed by atoms with van der Waals surface area (Å²) in [4.78, 5) is 42.8. The van der Waals surface area contributed by atoms with Crippen LogP contribution in [0.3, 0.4) is 0 Å². The topological polar surface area (TPSA) is 60.9 Å². The average Bonchev–Trinajstić information content (AvgIpc) is 2.91. The summed E-state index contributed by atoms with van der Waals surface area (Å²) >= 11 is 0. The Morgan fingerprint density at radius 1 is 1.07 bits per heavy atom. The molecule has 2 heterocycles. The van der Waals surface area contributed by atoms with Gasteiger partial charge < -0.3 is 4.90 Å². The van der Waals surface area contributed by atoms with Crippen LogP contribution >= 0.6 is 0 Å². The number of hydrogen-bond donors (Lipinski definition) is 0. The first-order chi connectivity index (χ1) is 13.5. The quantitative estimate of drug-likeness (QED) is 0.772. The van der Waals surface area contributed by atoms with E-state index in [1.165, 1.54) is 4.90 Å². The number of urea groups is 1. The Hall–Kier alpha value is -3.15. The van der Waals surface area contributed by atoms with Gasteiger partial charge in [-0.1, -0.05) is 35.9 Å². The second-order valence-corrected chi connectivity index (χ2v) is 7.37. The number of imide groups is 1. The summed E-state index contributed by atoms with van der Waals surface area (Å²) in [5.41, 5.74) is 3.73. The molecule has 6 nitrogen and oxygen atoms in total. The van der Waals surface area contributed by atoms with Gasteiger partial charge in [-0.2, -0.15) is 0 Å². The third kappa shape index (κ3) is 3.05. The van der Waals surface area contributed by atoms with Crippen molar-refractivity contribution in [2.45, 2.75) is 32.7 Å². The Kier molecular flexibility index (Phi) is 4.63. The van der Waals surface area contributed by atoms with Gasteiger partial charge in [0.2, 0.25) is 5.91 Å². The second kappa shape index (κ2) is 7.11. The summed E-state index contributed by atoms with van der Waals surface area (Å²) in [6.07, 6.45) is 1.80. The highest BCUT2D eigenvalue weighted by Gasteiger charge is 2.44. The minimum Gasteiger partial charge on any atom is -0.311 e. The number of carbonyl (C=O) groups excluding carboxylic acids is 3. The fraction of sp³-hybridized carbons (Fsp3) is 0.318. The molecule has 0 radical (unpaired) electrons. The van der Waals surface area contributed by atoms with Crippen molar-refractivity contribution in [2.24, 2.45) is 0 Å². The van der Waals surface area contributed by atoms with Crippen molar-refractivity contribution in [3.63, 3.8) is 0 Å². The molecular formula is C22H23N3O3. The SMILES string of the molecule is Cc1ccc(N2C(=O)N(CC(=O)N3CCCc4ccccc43)C(=O)[C@H]2C)cc1. The molecule has 6 heteroatoms. The Labute approximate surface area is 164 Å². The minimum atomic E-state index is -0.628. The lowest BCUT2D eigenvalue weighted by atomic mass is 10.0. The number of aryl methyl sites for hydroxylation is 2. The lowest BCUT2D eigenvalue weighted by Crippen LogP contribution is -2.45. The first-order valence-corrected chi connectivity index (χ1v) is 9.57. The molecule has 0 saturated carbocycles. The molecule has 0 spiro atoms. The van der Waals surface area contributed by atoms with Crippen LogP contribution in [0.4, 0.5) is 16.2 Å². The predicted octanol–water partition coefficient (Wildman–Crippen LogP) is 3.13. The number of benzene rings is 2. The maximum atomic E-state index is 13.0. The number of hydrogen-bond acceptors (Lipinski definition) is 3. The van der Waals surface area contributed by atoms with E-state index >= 15 is 0 Å². The summed E-state index contributed by atoms with van der Waals surface area (Å²) in [6, 6.07) is 14.2. The van der Waals surface area contributed by atoms with Gasteiger partial charge in [0, 0.05) is 17.9 Å². The normalized spacial score (nSPS) is 19.2. The van der Waals surface area contributed by atoms with Crippen molar-refractivity contribution < 1.29 is 14.4 Å². The molecule has 0 bridgehead atoms. The molecule has 2 aliphatic heterocycles. The van der Waals surface area contributed by atoms with E-state index in [1.807, 2.05) is 55.5 Å². The molecule has 1 atom stereocenters. The molecule has 1 fully saturated rings. The van der Waals surface area contributed by atoms with E-state index in [0.29, 0.717) is 12.2 Å². The van der Waals surface area contributed by atoms with Crippen LogP contribution in [0, 0.1) is 6.92 Å². The van der Waals surface area contributed by atoms with E-state index in [4.69, 9.17) is 0 Å². The van der Waals surface area contributed by atoms with Gasteiger partial charge in [-0.15, -0.1) is 0 Å². The van der Waals surface area contributed by atoms with Crippen molar-refractivity contribution >= 4 is 29.2 Å². The average molecular weight is 377 g/mol. The summed E-state index contributed by atoms with van der Waals surface area (Å²) in [6.45, 7) is 4.02. The molecule has 4 rings (SSSR count). The van der Waals surface area contributed by atoms with Gasteiger partial charge in [-0.25, -0.2) is 4.79 Å². The van der Waals surface area contributed by atoms with Gasteiger partial charge in [0.25, 0.3) is 5.91 Å². The van der Waals surface area contributed by atoms with Crippen molar-refractivity contribution in [3.05, 3.63) is 59.7 Å². The molecule has 2 aromatic rings. The molecule has 0 N–H and O–H groups in total. The van der Waals surface area contributed by atoms with E-state index < -0.39 is 12.1 Å². The lowest BCUT2D eigenvalue weighted by Gasteiger charge is -2.30. The largest absolute Gasteiger partial charge is 0.332 e. The number of fused-ring (bicyclic) bond motifs is 1. The van der Waals surface area contributed by atoms with Crippen LogP contribution in [0.2, 0.25) is 0 Å². The van der Waals surface area contributed by atoms with Crippen LogP contribution < -0.4 is 9.80 Å². The standard InChI is InChI=1S/C22H23N3O3/c1-15-9-11-18(12-10-15)25-16(2)21(27)24(22(25)28)14-20(26)23-13-5-7-17-6-3-4-8-19(17)23/h3-4,6,8-12,16H,5,7,13-14H2,1-2H3/t16-/m1/s1. The molecule has 0 unspecified atom stereocenters. The number of para-hydroxylation sites is 1. The summed E-state index contributed by atoms with van der Waals surface area (Å²) in [5.74, 6) is -0.573. The summed E-state index contributed by atoms with van der Waals surface area (Å²) in [5, 5.41) is 0. The zero-order valence-corrected chi connectivity index (χ0v) is 16.1. The van der Waals surface area contributed by atoms with Crippen molar-refractivity contribution in [2.75, 3.05) is 22.9 Å². The third-order valence-corrected chi connectivity index (χ3v) is 5.46. The number of anilines is 2. The molecule has 1 saturated heterocycles. The van der Waals surface area contributed by atoms with Crippen LogP contribution in [0.15, 0.2) is 48.5 Å². The first-order valence-electron chi connectivity index (χ1n) is 9.57. The Morgan fingerprint density at radius 3 is 2.54 bits per heavy atom. The second-order valence-electron chi connectivity index (χ2n) is 7.37. The molecule has 0 aromatic heterocycles. The van der Waals surface area contributed by atoms with Gasteiger partial charge in [0.05, 0.1) is 0 Å². The zero-order chi connectivity index (χ0) is 19.8. The minimum absolute atomic E-state index is 0.230. The van der Waals surface area contributed by atoms with E-state index in [-0.39, 0.29) is 18.4 Å². The van der Waals surface area contributed by atoms with E-state index in [0.717, 1.165) is 34.6 Å². The van der Waals surface area contributed by atoms with Gasteiger partial charge in [-0.3, -0.25) is 19.4 Å². The first kappa shape index (κ1) is 18.2. The van der Waals surface area contributed by atoms with Crippen molar-refractivity contribution in [3.8, 4) is 0 Å². The Bertz CT molecular complexity index is 938. The van der Waals surface area contributed by atoms with E-state index in [1.54, 1.807) is 11.8 Å². The molecule has 4 amide bonds. The molecular weight excluding hydrogens is 354 g/mol. The zero-order valence-electron chi connectivity index (χ0n) is 16.1. The maximum absolute atomic E-state index is 13.0. The lowest BCUT2D eigenvalue weighted by molar-refractivity contribution is -0.131. The fourth-order valence-electron chi connectivity index (χ4n) is 3.92. The van der Waals surface area contributed by atoms with Crippen LogP contribution in [-0.4, -0.2) is 41.9 Å². The third-order valence-electron chi connectivity index (χ3n) is 5.46. The van der Waals surface area contributed by atoms with E-state index in [9.17, 15) is 14.4 Å². The van der Waals surface area contributed by atoms with E-state index in [2.05, 4.69) is 0 Å². The van der Waals surface area contributed by atoms with Gasteiger partial charge in [-0.05, 0) is 50.5 Å². The van der Waals surface area contributed by atoms with Gasteiger partial charge >= 0.3 is 6.03 Å². The van der Waals surface area contributed by atoms with Crippen molar-refractivity contribution in [1.82, 2.24) is 4.90 Å². The van der Waals surface area contributed by atoms with Crippen LogP contribution in [0.25, 0.3) is 0 Å². The Morgan fingerprint density at radius 2 is 1.79 bits per heavy atom. The Balaban J connectivity index is 1.55. The predicted molar refractivity (Wildman–Crippen MR) is 107 cm³/mol. The molecule has 0 aliphatic carbocycles. The number of carbonyl (C=O) groups is 3. The van der Waals surface area contributed by atoms with Gasteiger partial charge in [0.15, 0.2) is 0 Å². The number of nitrogens with zero attached hydrogens (tertiary/aromatic N) is 3. The van der Waals surface area contributed by atoms with Gasteiger partial charge in [0.1, 0.15) is 12.6 Å². The molecule has 2 aliphatic rings. The highest BCUT2D eigenvalue weighted by molar-refractivity contribution is 6.16. The molecule has 28 heavy (non-hydrogen) atoms. The van der Waals surface area contributed by atoms with Crippen LogP contribution in [-0.2, 0) is 16.0 Å². The summed E-state index contributed by atoms with van der Waals surface area (Å²) < 4.78 is 0. The highest BCUT2D eigenvalue weighted by atomic mass is 16.2. The van der Waals surface area contributed by atoms with Crippen molar-refractivity contribution in [1.29, 1.82) is 0 Å².